The van der Waals surface area contributed by atoms with Crippen LogP contribution in [0.5, 0.6) is 5.75 Å². The molecule has 2 heterocycles. The quantitative estimate of drug-likeness (QED) is 0.632. The van der Waals surface area contributed by atoms with Crippen molar-refractivity contribution in [2.24, 2.45) is 11.3 Å². The van der Waals surface area contributed by atoms with E-state index in [2.05, 4.69) is 31.3 Å². The number of amides is 2. The summed E-state index contributed by atoms with van der Waals surface area (Å²) < 4.78 is 6.24. The fourth-order valence-electron chi connectivity index (χ4n) is 5.50. The molecule has 0 aliphatic carbocycles. The molecule has 1 fully saturated rings. The van der Waals surface area contributed by atoms with Gasteiger partial charge in [0.25, 0.3) is 5.91 Å². The number of nitrogens with zero attached hydrogens (tertiary/aromatic N) is 1. The zero-order valence-electron chi connectivity index (χ0n) is 21.5. The molecule has 0 bridgehead atoms. The molecule has 35 heavy (non-hydrogen) atoms. The van der Waals surface area contributed by atoms with E-state index in [4.69, 9.17) is 4.74 Å². The van der Waals surface area contributed by atoms with Crippen molar-refractivity contribution in [1.29, 1.82) is 0 Å². The van der Waals surface area contributed by atoms with Gasteiger partial charge in [0.15, 0.2) is 0 Å². The summed E-state index contributed by atoms with van der Waals surface area (Å²) >= 11 is 0. The minimum absolute atomic E-state index is 0.0286. The van der Waals surface area contributed by atoms with Crippen molar-refractivity contribution in [2.75, 3.05) is 19.7 Å². The van der Waals surface area contributed by atoms with E-state index >= 15 is 0 Å². The molecule has 0 aromatic heterocycles. The van der Waals surface area contributed by atoms with Crippen LogP contribution in [0.3, 0.4) is 0 Å². The molecule has 1 N–H and O–H groups in total. The lowest BCUT2D eigenvalue weighted by Gasteiger charge is -2.42. The predicted molar refractivity (Wildman–Crippen MR) is 140 cm³/mol. The molecule has 1 spiro atoms. The first-order valence-corrected chi connectivity index (χ1v) is 13.2. The van der Waals surface area contributed by atoms with Crippen LogP contribution in [0.25, 0.3) is 0 Å². The zero-order chi connectivity index (χ0) is 24.8. The Hall–Kier alpha value is -2.82. The largest absolute Gasteiger partial charge is 0.491 e. The van der Waals surface area contributed by atoms with Gasteiger partial charge in [-0.1, -0.05) is 56.2 Å². The van der Waals surface area contributed by atoms with Crippen molar-refractivity contribution >= 4 is 11.8 Å². The number of nitrogens with one attached hydrogen (secondary N) is 1. The average molecular weight is 477 g/mol. The Balaban J connectivity index is 1.49. The molecule has 2 aromatic carbocycles. The average Bonchev–Trinajstić information content (AvgIpc) is 2.85. The highest BCUT2D eigenvalue weighted by Crippen LogP contribution is 2.38. The summed E-state index contributed by atoms with van der Waals surface area (Å²) in [5, 5.41) is 3.37. The van der Waals surface area contributed by atoms with E-state index in [1.165, 1.54) is 5.56 Å². The van der Waals surface area contributed by atoms with Crippen LogP contribution < -0.4 is 10.1 Å². The number of fused-ring (bicyclic) bond motifs is 1. The standard InChI is InChI=1S/C30H40N2O3/c1-22(2)20-26-21-35-27-10-5-4-8-24(27)9-6-7-15-30(29(34)31-26)16-18-32(19-17-30)28(33)25-13-11-23(3)12-14-25/h4-5,8,10-14,22,26H,6-7,9,15-21H2,1-3H3,(H,31,34)/t26-/m0/s1. The van der Waals surface area contributed by atoms with Crippen molar-refractivity contribution in [3.05, 3.63) is 65.2 Å². The number of carbonyl (C=O) groups excluding carboxylic acids is 2. The highest BCUT2D eigenvalue weighted by Gasteiger charge is 2.42. The Kier molecular flexibility index (Phi) is 8.15. The van der Waals surface area contributed by atoms with Crippen LogP contribution in [0.2, 0.25) is 0 Å². The Morgan fingerprint density at radius 3 is 2.49 bits per heavy atom. The van der Waals surface area contributed by atoms with Gasteiger partial charge in [-0.15, -0.1) is 0 Å². The second kappa shape index (κ2) is 11.3. The molecule has 1 saturated heterocycles. The first-order valence-electron chi connectivity index (χ1n) is 13.2. The number of piperidine rings is 1. The number of benzene rings is 2. The predicted octanol–water partition coefficient (Wildman–Crippen LogP) is 5.55. The molecule has 2 amide bonds. The molecule has 0 saturated carbocycles. The fraction of sp³-hybridized carbons (Fsp3) is 0.533. The van der Waals surface area contributed by atoms with Crippen LogP contribution in [0.4, 0.5) is 0 Å². The lowest BCUT2D eigenvalue weighted by molar-refractivity contribution is -0.135. The number of rotatable bonds is 3. The van der Waals surface area contributed by atoms with Crippen molar-refractivity contribution in [3.63, 3.8) is 0 Å². The minimum atomic E-state index is -0.419. The molecule has 0 unspecified atom stereocenters. The van der Waals surface area contributed by atoms with Gasteiger partial charge in [-0.3, -0.25) is 9.59 Å². The molecule has 5 nitrogen and oxygen atoms in total. The maximum absolute atomic E-state index is 13.8. The summed E-state index contributed by atoms with van der Waals surface area (Å²) in [6.45, 7) is 8.11. The molecular weight excluding hydrogens is 436 g/mol. The van der Waals surface area contributed by atoms with Crippen LogP contribution in [0, 0.1) is 18.3 Å². The van der Waals surface area contributed by atoms with Crippen LogP contribution >= 0.6 is 0 Å². The normalized spacial score (nSPS) is 20.9. The molecule has 0 radical (unpaired) electrons. The molecule has 2 aliphatic heterocycles. The third-order valence-corrected chi connectivity index (χ3v) is 7.64. The summed E-state index contributed by atoms with van der Waals surface area (Å²) in [6, 6.07) is 16.0. The van der Waals surface area contributed by atoms with Crippen LogP contribution in [-0.4, -0.2) is 42.5 Å². The molecular formula is C30H40N2O3. The lowest BCUT2D eigenvalue weighted by atomic mass is 9.73. The van der Waals surface area contributed by atoms with E-state index in [-0.39, 0.29) is 17.9 Å². The molecule has 4 rings (SSSR count). The van der Waals surface area contributed by atoms with E-state index < -0.39 is 5.41 Å². The molecule has 1 atom stereocenters. The van der Waals surface area contributed by atoms with Gasteiger partial charge < -0.3 is 15.0 Å². The molecule has 2 aromatic rings. The molecule has 188 valence electrons. The summed E-state index contributed by atoms with van der Waals surface area (Å²) in [5.41, 5.74) is 2.70. The van der Waals surface area contributed by atoms with E-state index in [0.29, 0.717) is 38.5 Å². The van der Waals surface area contributed by atoms with Gasteiger partial charge in [0, 0.05) is 18.7 Å². The fourth-order valence-corrected chi connectivity index (χ4v) is 5.50. The number of para-hydroxylation sites is 1. The highest BCUT2D eigenvalue weighted by molar-refractivity contribution is 5.94. The second-order valence-corrected chi connectivity index (χ2v) is 10.9. The Morgan fingerprint density at radius 2 is 1.77 bits per heavy atom. The van der Waals surface area contributed by atoms with Crippen molar-refractivity contribution in [3.8, 4) is 5.75 Å². The van der Waals surface area contributed by atoms with E-state index in [1.54, 1.807) is 0 Å². The van der Waals surface area contributed by atoms with Gasteiger partial charge in [0.1, 0.15) is 12.4 Å². The van der Waals surface area contributed by atoms with Gasteiger partial charge in [-0.25, -0.2) is 0 Å². The highest BCUT2D eigenvalue weighted by atomic mass is 16.5. The number of likely N-dealkylation sites (tertiary alicyclic amines) is 1. The smallest absolute Gasteiger partial charge is 0.253 e. The third kappa shape index (κ3) is 6.25. The van der Waals surface area contributed by atoms with E-state index in [0.717, 1.165) is 49.0 Å². The summed E-state index contributed by atoms with van der Waals surface area (Å²) in [6.07, 6.45) is 6.13. The Morgan fingerprint density at radius 1 is 1.06 bits per heavy atom. The van der Waals surface area contributed by atoms with E-state index in [1.807, 2.05) is 48.2 Å². The summed E-state index contributed by atoms with van der Waals surface area (Å²) in [5.74, 6) is 1.60. The third-order valence-electron chi connectivity index (χ3n) is 7.64. The number of ether oxygens (including phenoxy) is 1. The van der Waals surface area contributed by atoms with Gasteiger partial charge in [-0.05, 0) is 75.1 Å². The number of aryl methyl sites for hydroxylation is 2. The number of hydrogen-bond donors (Lipinski definition) is 1. The maximum Gasteiger partial charge on any atom is 0.253 e. The Bertz CT molecular complexity index is 1010. The second-order valence-electron chi connectivity index (χ2n) is 10.9. The summed E-state index contributed by atoms with van der Waals surface area (Å²) in [4.78, 5) is 28.7. The minimum Gasteiger partial charge on any atom is -0.491 e. The molecule has 2 aliphatic rings. The topological polar surface area (TPSA) is 58.6 Å². The van der Waals surface area contributed by atoms with Gasteiger partial charge in [0.05, 0.1) is 11.5 Å². The van der Waals surface area contributed by atoms with Gasteiger partial charge in [0.2, 0.25) is 5.91 Å². The maximum atomic E-state index is 13.8. The first kappa shape index (κ1) is 25.3. The Labute approximate surface area is 210 Å². The lowest BCUT2D eigenvalue weighted by Crippen LogP contribution is -2.53. The van der Waals surface area contributed by atoms with Crippen LogP contribution in [0.1, 0.15) is 73.9 Å². The monoisotopic (exact) mass is 476 g/mol. The first-order chi connectivity index (χ1) is 16.9. The van der Waals surface area contributed by atoms with E-state index in [9.17, 15) is 9.59 Å². The van der Waals surface area contributed by atoms with Crippen molar-refractivity contribution in [2.45, 2.75) is 71.8 Å². The van der Waals surface area contributed by atoms with Gasteiger partial charge in [-0.2, -0.15) is 0 Å². The van der Waals surface area contributed by atoms with Crippen molar-refractivity contribution < 1.29 is 14.3 Å². The number of carbonyl (C=O) groups is 2. The van der Waals surface area contributed by atoms with Crippen molar-refractivity contribution in [1.82, 2.24) is 10.2 Å². The molecule has 5 heteroatoms. The van der Waals surface area contributed by atoms with Crippen LogP contribution in [-0.2, 0) is 11.2 Å². The zero-order valence-corrected chi connectivity index (χ0v) is 21.5. The van der Waals surface area contributed by atoms with Gasteiger partial charge >= 0.3 is 0 Å². The number of hydrogen-bond acceptors (Lipinski definition) is 3. The van der Waals surface area contributed by atoms with Crippen LogP contribution in [0.15, 0.2) is 48.5 Å². The summed E-state index contributed by atoms with van der Waals surface area (Å²) in [7, 11) is 0. The SMILES string of the molecule is Cc1ccc(C(=O)N2CCC3(CCCCc4ccccc4OC[C@H](CC(C)C)NC3=O)CC2)cc1.